The summed E-state index contributed by atoms with van der Waals surface area (Å²) in [7, 11) is 0. The van der Waals surface area contributed by atoms with Gasteiger partial charge in [0.05, 0.1) is 11.2 Å². The number of aromatic nitrogens is 1. The van der Waals surface area contributed by atoms with Crippen molar-refractivity contribution >= 4 is 17.4 Å². The van der Waals surface area contributed by atoms with Gasteiger partial charge in [-0.25, -0.2) is 4.98 Å². The fraction of sp³-hybridized carbons (Fsp3) is 0.500. The molecule has 68 valence electrons. The minimum Gasteiger partial charge on any atom is -0.245 e. The Morgan fingerprint density at radius 2 is 1.92 bits per heavy atom. The van der Waals surface area contributed by atoms with E-state index < -0.39 is 0 Å². The second kappa shape index (κ2) is 7.04. The monoisotopic (exact) mass is 183 g/mol. The molecule has 0 bridgehead atoms. The van der Waals surface area contributed by atoms with Crippen LogP contribution in [0.5, 0.6) is 0 Å². The maximum atomic E-state index is 4.13. The van der Waals surface area contributed by atoms with E-state index in [1.165, 1.54) is 10.6 Å². The van der Waals surface area contributed by atoms with Gasteiger partial charge in [-0.1, -0.05) is 33.8 Å². The Morgan fingerprint density at radius 3 is 2.50 bits per heavy atom. The van der Waals surface area contributed by atoms with Crippen LogP contribution in [-0.2, 0) is 6.42 Å². The Balaban J connectivity index is 0.000000269. The van der Waals surface area contributed by atoms with Gasteiger partial charge in [0.25, 0.3) is 0 Å². The molecule has 1 heterocycles. The fourth-order valence-electron chi connectivity index (χ4n) is 0.845. The van der Waals surface area contributed by atoms with E-state index in [9.17, 15) is 0 Å². The second-order valence-electron chi connectivity index (χ2n) is 1.77. The summed E-state index contributed by atoms with van der Waals surface area (Å²) in [6.45, 7) is 8.00. The van der Waals surface area contributed by atoms with Crippen molar-refractivity contribution in [3.8, 4) is 0 Å². The zero-order valence-corrected chi connectivity index (χ0v) is 9.11. The summed E-state index contributed by atoms with van der Waals surface area (Å²) in [6.07, 6.45) is 5.32. The van der Waals surface area contributed by atoms with E-state index in [0.29, 0.717) is 0 Å². The van der Waals surface area contributed by atoms with Crippen LogP contribution in [0.25, 0.3) is 6.08 Å². The van der Waals surface area contributed by atoms with Crippen molar-refractivity contribution in [3.63, 3.8) is 0 Å². The van der Waals surface area contributed by atoms with Gasteiger partial charge in [-0.15, -0.1) is 11.3 Å². The molecule has 1 aromatic heterocycles. The molecule has 2 rings (SSSR count). The lowest BCUT2D eigenvalue weighted by atomic mass is 10.4. The Labute approximate surface area is 79.2 Å². The predicted octanol–water partition coefficient (Wildman–Crippen LogP) is 3.76. The molecule has 0 saturated heterocycles. The molecule has 1 aliphatic carbocycles. The molecule has 0 unspecified atom stereocenters. The Kier molecular flexibility index (Phi) is 6.67. The third kappa shape index (κ3) is 2.78. The number of hydrogen-bond acceptors (Lipinski definition) is 2. The first kappa shape index (κ1) is 11.4. The number of fused-ring (bicyclic) bond motifs is 1. The largest absolute Gasteiger partial charge is 0.245 e. The van der Waals surface area contributed by atoms with Crippen LogP contribution in [0.15, 0.2) is 11.6 Å². The Hall–Kier alpha value is -0.630. The zero-order valence-electron chi connectivity index (χ0n) is 8.29. The molecule has 0 saturated carbocycles. The molecule has 1 aromatic rings. The van der Waals surface area contributed by atoms with Crippen molar-refractivity contribution < 1.29 is 0 Å². The molecule has 0 spiro atoms. The molecule has 0 fully saturated rings. The van der Waals surface area contributed by atoms with Crippen LogP contribution in [0.3, 0.4) is 0 Å². The van der Waals surface area contributed by atoms with Crippen LogP contribution in [0.2, 0.25) is 0 Å². The van der Waals surface area contributed by atoms with Gasteiger partial charge in [0.15, 0.2) is 0 Å². The summed E-state index contributed by atoms with van der Waals surface area (Å²) in [4.78, 5) is 5.54. The van der Waals surface area contributed by atoms with Gasteiger partial charge in [-0.3, -0.25) is 0 Å². The highest BCUT2D eigenvalue weighted by Crippen LogP contribution is 2.20. The number of thiazole rings is 1. The van der Waals surface area contributed by atoms with Crippen LogP contribution in [0, 0.1) is 0 Å². The van der Waals surface area contributed by atoms with E-state index in [1.54, 1.807) is 11.3 Å². The van der Waals surface area contributed by atoms with Crippen molar-refractivity contribution in [2.24, 2.45) is 0 Å². The van der Waals surface area contributed by atoms with Crippen molar-refractivity contribution in [2.75, 3.05) is 0 Å². The predicted molar refractivity (Wildman–Crippen MR) is 57.5 cm³/mol. The molecule has 0 amide bonds. The SMILES string of the molecule is C1=Cc2ncsc2C1.CC.CC. The van der Waals surface area contributed by atoms with Crippen molar-refractivity contribution in [1.29, 1.82) is 0 Å². The topological polar surface area (TPSA) is 12.9 Å². The lowest BCUT2D eigenvalue weighted by molar-refractivity contribution is 1.32. The van der Waals surface area contributed by atoms with Crippen molar-refractivity contribution in [1.82, 2.24) is 4.98 Å². The van der Waals surface area contributed by atoms with Gasteiger partial charge < -0.3 is 0 Å². The van der Waals surface area contributed by atoms with Crippen molar-refractivity contribution in [2.45, 2.75) is 34.1 Å². The first-order valence-electron chi connectivity index (χ1n) is 4.56. The molecule has 0 N–H and O–H groups in total. The van der Waals surface area contributed by atoms with Gasteiger partial charge in [0, 0.05) is 11.3 Å². The summed E-state index contributed by atoms with van der Waals surface area (Å²) in [5.74, 6) is 0. The maximum absolute atomic E-state index is 4.13. The average molecular weight is 183 g/mol. The molecular formula is C10H17NS. The second-order valence-corrected chi connectivity index (χ2v) is 2.71. The Bertz CT molecular complexity index is 225. The molecule has 1 aliphatic rings. The van der Waals surface area contributed by atoms with E-state index in [2.05, 4.69) is 17.1 Å². The standard InChI is InChI=1S/C6H5NS.2C2H6/c1-2-5-6(3-1)8-4-7-5;2*1-2/h1-2,4H,3H2;2*1-2H3. The van der Waals surface area contributed by atoms with Crippen LogP contribution in [-0.4, -0.2) is 4.98 Å². The molecule has 0 radical (unpaired) electrons. The van der Waals surface area contributed by atoms with Gasteiger partial charge in [0.2, 0.25) is 0 Å². The number of nitrogens with zero attached hydrogens (tertiary/aromatic N) is 1. The highest BCUT2D eigenvalue weighted by molar-refractivity contribution is 7.09. The first-order valence-corrected chi connectivity index (χ1v) is 5.44. The van der Waals surface area contributed by atoms with Gasteiger partial charge >= 0.3 is 0 Å². The van der Waals surface area contributed by atoms with Crippen LogP contribution in [0.1, 0.15) is 38.3 Å². The van der Waals surface area contributed by atoms with Crippen LogP contribution < -0.4 is 0 Å². The normalized spacial score (nSPS) is 10.7. The van der Waals surface area contributed by atoms with E-state index in [1.807, 2.05) is 33.2 Å². The molecule has 12 heavy (non-hydrogen) atoms. The summed E-state index contributed by atoms with van der Waals surface area (Å²) in [5.41, 5.74) is 3.07. The third-order valence-electron chi connectivity index (χ3n) is 1.25. The fourth-order valence-corrected chi connectivity index (χ4v) is 1.57. The van der Waals surface area contributed by atoms with Crippen molar-refractivity contribution in [3.05, 3.63) is 22.2 Å². The van der Waals surface area contributed by atoms with Gasteiger partial charge in [-0.2, -0.15) is 0 Å². The highest BCUT2D eigenvalue weighted by atomic mass is 32.1. The molecule has 0 aliphatic heterocycles. The van der Waals surface area contributed by atoms with E-state index in [4.69, 9.17) is 0 Å². The van der Waals surface area contributed by atoms with E-state index >= 15 is 0 Å². The number of hydrogen-bond donors (Lipinski definition) is 0. The van der Waals surface area contributed by atoms with E-state index in [0.717, 1.165) is 6.42 Å². The summed E-state index contributed by atoms with van der Waals surface area (Å²) in [6, 6.07) is 0. The average Bonchev–Trinajstić information content (AvgIpc) is 2.72. The first-order chi connectivity index (χ1) is 5.97. The van der Waals surface area contributed by atoms with Crippen LogP contribution >= 0.6 is 11.3 Å². The molecular weight excluding hydrogens is 166 g/mol. The van der Waals surface area contributed by atoms with Crippen LogP contribution in [0.4, 0.5) is 0 Å². The molecule has 0 aromatic carbocycles. The zero-order chi connectivity index (χ0) is 9.40. The Morgan fingerprint density at radius 1 is 1.25 bits per heavy atom. The summed E-state index contributed by atoms with van der Waals surface area (Å²) < 4.78 is 0. The quantitative estimate of drug-likeness (QED) is 0.596. The summed E-state index contributed by atoms with van der Waals surface area (Å²) in [5, 5.41) is 0. The maximum Gasteiger partial charge on any atom is 0.0801 e. The number of allylic oxidation sites excluding steroid dienone is 1. The highest BCUT2D eigenvalue weighted by Gasteiger charge is 2.04. The number of rotatable bonds is 0. The molecule has 1 nitrogen and oxygen atoms in total. The van der Waals surface area contributed by atoms with Gasteiger partial charge in [-0.05, 0) is 6.08 Å². The van der Waals surface area contributed by atoms with E-state index in [-0.39, 0.29) is 0 Å². The minimum absolute atomic E-state index is 1.10. The lowest BCUT2D eigenvalue weighted by Gasteiger charge is -1.77. The smallest absolute Gasteiger partial charge is 0.0801 e. The third-order valence-corrected chi connectivity index (χ3v) is 2.12. The summed E-state index contributed by atoms with van der Waals surface area (Å²) >= 11 is 1.74. The lowest BCUT2D eigenvalue weighted by Crippen LogP contribution is -1.68. The molecule has 0 atom stereocenters. The molecule has 2 heteroatoms. The minimum atomic E-state index is 1.10. The van der Waals surface area contributed by atoms with Gasteiger partial charge in [0.1, 0.15) is 0 Å².